The summed E-state index contributed by atoms with van der Waals surface area (Å²) in [5.74, 6) is -0.159. The minimum atomic E-state index is -0.228. The minimum absolute atomic E-state index is 0.0690. The smallest absolute Gasteiger partial charge is 0.307 e. The van der Waals surface area contributed by atoms with Crippen molar-refractivity contribution in [3.63, 3.8) is 0 Å². The minimum Gasteiger partial charge on any atom is -0.466 e. The van der Waals surface area contributed by atoms with E-state index in [-0.39, 0.29) is 18.4 Å². The molecule has 0 spiro atoms. The van der Waals surface area contributed by atoms with E-state index in [4.69, 9.17) is 4.74 Å². The lowest BCUT2D eigenvalue weighted by molar-refractivity contribution is -0.143. The van der Waals surface area contributed by atoms with Crippen LogP contribution < -0.4 is 5.32 Å². The van der Waals surface area contributed by atoms with Crippen LogP contribution in [-0.4, -0.2) is 43.0 Å². The van der Waals surface area contributed by atoms with Gasteiger partial charge in [-0.25, -0.2) is 0 Å². The third kappa shape index (κ3) is 5.42. The van der Waals surface area contributed by atoms with Gasteiger partial charge in [-0.3, -0.25) is 9.59 Å². The summed E-state index contributed by atoms with van der Waals surface area (Å²) in [6, 6.07) is 0. The highest BCUT2D eigenvalue weighted by molar-refractivity contribution is 5.80. The lowest BCUT2D eigenvalue weighted by Crippen LogP contribution is -2.37. The second-order valence-electron chi connectivity index (χ2n) is 4.46. The molecule has 5 heteroatoms. The zero-order valence-electron chi connectivity index (χ0n) is 11.9. The monoisotopic (exact) mass is 268 g/mol. The zero-order chi connectivity index (χ0) is 14.1. The number of ether oxygens (including phenoxy) is 1. The van der Waals surface area contributed by atoms with Gasteiger partial charge in [-0.15, -0.1) is 0 Å². The molecule has 0 radical (unpaired) electrons. The van der Waals surface area contributed by atoms with Crippen LogP contribution in [0.4, 0.5) is 0 Å². The summed E-state index contributed by atoms with van der Waals surface area (Å²) >= 11 is 0. The predicted molar refractivity (Wildman–Crippen MR) is 73.4 cm³/mol. The Morgan fingerprint density at radius 2 is 2.21 bits per heavy atom. The molecular formula is C14H24N2O3. The standard InChI is InChI=1S/C14H24N2O3/c1-3-16(12-7-5-6-8-12)13(17)11-15-10-9-14(18)19-4-2/h7,15H,3-6,8-11H2,1-2H3. The molecule has 19 heavy (non-hydrogen) atoms. The number of esters is 1. The van der Waals surface area contributed by atoms with Crippen molar-refractivity contribution in [3.8, 4) is 0 Å². The normalized spacial score (nSPS) is 14.1. The SMILES string of the molecule is CCOC(=O)CCNCC(=O)N(CC)C1=CCCC1. The molecular weight excluding hydrogens is 244 g/mol. The molecule has 5 nitrogen and oxygen atoms in total. The first-order valence-electron chi connectivity index (χ1n) is 7.04. The Morgan fingerprint density at radius 1 is 1.42 bits per heavy atom. The van der Waals surface area contributed by atoms with Crippen LogP contribution in [0.25, 0.3) is 0 Å². The van der Waals surface area contributed by atoms with Gasteiger partial charge in [0.2, 0.25) is 5.91 Å². The van der Waals surface area contributed by atoms with E-state index in [1.54, 1.807) is 6.92 Å². The van der Waals surface area contributed by atoms with Crippen LogP contribution in [0.5, 0.6) is 0 Å². The Balaban J connectivity index is 2.24. The lowest BCUT2D eigenvalue weighted by Gasteiger charge is -2.22. The van der Waals surface area contributed by atoms with Crippen molar-refractivity contribution >= 4 is 11.9 Å². The Hall–Kier alpha value is -1.36. The van der Waals surface area contributed by atoms with E-state index in [2.05, 4.69) is 11.4 Å². The van der Waals surface area contributed by atoms with Gasteiger partial charge >= 0.3 is 5.97 Å². The molecule has 0 atom stereocenters. The van der Waals surface area contributed by atoms with Crippen molar-refractivity contribution < 1.29 is 14.3 Å². The Bertz CT molecular complexity index is 340. The van der Waals surface area contributed by atoms with E-state index < -0.39 is 0 Å². The van der Waals surface area contributed by atoms with Gasteiger partial charge in [0, 0.05) is 18.8 Å². The van der Waals surface area contributed by atoms with Gasteiger partial charge in [-0.1, -0.05) is 6.08 Å². The summed E-state index contributed by atoms with van der Waals surface area (Å²) in [5.41, 5.74) is 1.14. The second kappa shape index (κ2) is 8.69. The summed E-state index contributed by atoms with van der Waals surface area (Å²) in [6.07, 6.45) is 5.63. The van der Waals surface area contributed by atoms with E-state index in [0.717, 1.165) is 25.0 Å². The summed E-state index contributed by atoms with van der Waals surface area (Å²) in [4.78, 5) is 25.0. The molecule has 0 aromatic heterocycles. The van der Waals surface area contributed by atoms with Crippen LogP contribution in [0.1, 0.15) is 39.5 Å². The van der Waals surface area contributed by atoms with Crippen molar-refractivity contribution in [1.29, 1.82) is 0 Å². The molecule has 0 saturated carbocycles. The summed E-state index contributed by atoms with van der Waals surface area (Å²) in [6.45, 7) is 5.60. The van der Waals surface area contributed by atoms with Crippen LogP contribution in [0, 0.1) is 0 Å². The maximum Gasteiger partial charge on any atom is 0.307 e. The topological polar surface area (TPSA) is 58.6 Å². The molecule has 1 amide bonds. The van der Waals surface area contributed by atoms with Crippen LogP contribution in [0.3, 0.4) is 0 Å². The highest BCUT2D eigenvalue weighted by atomic mass is 16.5. The number of likely N-dealkylation sites (N-methyl/N-ethyl adjacent to an activating group) is 1. The molecule has 0 aromatic carbocycles. The van der Waals surface area contributed by atoms with Gasteiger partial charge in [0.25, 0.3) is 0 Å². The third-order valence-electron chi connectivity index (χ3n) is 3.07. The molecule has 1 aliphatic rings. The van der Waals surface area contributed by atoms with Gasteiger partial charge in [0.1, 0.15) is 0 Å². The van der Waals surface area contributed by atoms with Crippen LogP contribution in [-0.2, 0) is 14.3 Å². The number of rotatable bonds is 8. The van der Waals surface area contributed by atoms with Crippen LogP contribution in [0.15, 0.2) is 11.8 Å². The number of hydrogen-bond acceptors (Lipinski definition) is 4. The van der Waals surface area contributed by atoms with Gasteiger partial charge in [0.15, 0.2) is 0 Å². The van der Waals surface area contributed by atoms with Gasteiger partial charge < -0.3 is 15.0 Å². The number of nitrogens with zero attached hydrogens (tertiary/aromatic N) is 1. The molecule has 1 N–H and O–H groups in total. The number of amides is 1. The Kier molecular flexibility index (Phi) is 7.18. The average molecular weight is 268 g/mol. The number of carbonyl (C=O) groups is 2. The van der Waals surface area contributed by atoms with Crippen molar-refractivity contribution in [2.24, 2.45) is 0 Å². The number of hydrogen-bond donors (Lipinski definition) is 1. The molecule has 1 aliphatic carbocycles. The molecule has 0 heterocycles. The average Bonchev–Trinajstić information content (AvgIpc) is 2.90. The molecule has 1 rings (SSSR count). The van der Waals surface area contributed by atoms with E-state index in [9.17, 15) is 9.59 Å². The van der Waals surface area contributed by atoms with Gasteiger partial charge in [-0.2, -0.15) is 0 Å². The van der Waals surface area contributed by atoms with Crippen LogP contribution >= 0.6 is 0 Å². The maximum absolute atomic E-state index is 12.0. The second-order valence-corrected chi connectivity index (χ2v) is 4.46. The molecule has 0 aromatic rings. The Labute approximate surface area is 115 Å². The molecule has 0 fully saturated rings. The van der Waals surface area contributed by atoms with Crippen molar-refractivity contribution in [2.45, 2.75) is 39.5 Å². The first kappa shape index (κ1) is 15.7. The fourth-order valence-electron chi connectivity index (χ4n) is 2.15. The largest absolute Gasteiger partial charge is 0.466 e. The van der Waals surface area contributed by atoms with Crippen molar-refractivity contribution in [1.82, 2.24) is 10.2 Å². The fourth-order valence-corrected chi connectivity index (χ4v) is 2.15. The molecule has 0 unspecified atom stereocenters. The predicted octanol–water partition coefficient (Wildman–Crippen LogP) is 1.45. The number of allylic oxidation sites excluding steroid dienone is 2. The van der Waals surface area contributed by atoms with E-state index in [0.29, 0.717) is 26.1 Å². The summed E-state index contributed by atoms with van der Waals surface area (Å²) < 4.78 is 4.82. The van der Waals surface area contributed by atoms with Crippen molar-refractivity contribution in [3.05, 3.63) is 11.8 Å². The fraction of sp³-hybridized carbons (Fsp3) is 0.714. The third-order valence-corrected chi connectivity index (χ3v) is 3.07. The summed E-state index contributed by atoms with van der Waals surface area (Å²) in [5, 5.41) is 2.99. The molecule has 108 valence electrons. The van der Waals surface area contributed by atoms with E-state index >= 15 is 0 Å². The molecule has 0 saturated heterocycles. The molecule has 0 aliphatic heterocycles. The first-order valence-corrected chi connectivity index (χ1v) is 7.04. The maximum atomic E-state index is 12.0. The quantitative estimate of drug-likeness (QED) is 0.534. The van der Waals surface area contributed by atoms with Crippen molar-refractivity contribution in [2.75, 3.05) is 26.2 Å². The first-order chi connectivity index (χ1) is 9.19. The number of carbonyl (C=O) groups excluding carboxylic acids is 2. The van der Waals surface area contributed by atoms with Crippen LogP contribution in [0.2, 0.25) is 0 Å². The van der Waals surface area contributed by atoms with E-state index in [1.165, 1.54) is 0 Å². The number of nitrogens with one attached hydrogen (secondary N) is 1. The highest BCUT2D eigenvalue weighted by Gasteiger charge is 2.17. The lowest BCUT2D eigenvalue weighted by atomic mass is 10.3. The zero-order valence-corrected chi connectivity index (χ0v) is 11.9. The van der Waals surface area contributed by atoms with Gasteiger partial charge in [0.05, 0.1) is 19.6 Å². The Morgan fingerprint density at radius 3 is 2.79 bits per heavy atom. The molecule has 0 bridgehead atoms. The van der Waals surface area contributed by atoms with E-state index in [1.807, 2.05) is 11.8 Å². The highest BCUT2D eigenvalue weighted by Crippen LogP contribution is 2.21. The van der Waals surface area contributed by atoms with Gasteiger partial charge in [-0.05, 0) is 33.1 Å². The summed E-state index contributed by atoms with van der Waals surface area (Å²) in [7, 11) is 0.